The summed E-state index contributed by atoms with van der Waals surface area (Å²) in [6, 6.07) is 0. The summed E-state index contributed by atoms with van der Waals surface area (Å²) >= 11 is 0. The number of carbonyl (C=O) groups excluding carboxylic acids is 3. The van der Waals surface area contributed by atoms with Crippen molar-refractivity contribution in [3.63, 3.8) is 0 Å². The fourth-order valence-electron chi connectivity index (χ4n) is 12.0. The highest BCUT2D eigenvalue weighted by Gasteiger charge is 2.29. The average Bonchev–Trinajstić information content (AvgIpc) is 0.899. The minimum atomic E-state index is -4.95. The number of aliphatic hydroxyl groups is 2. The lowest BCUT2D eigenvalue weighted by molar-refractivity contribution is -0.161. The second-order valence-corrected chi connectivity index (χ2v) is 32.5. The van der Waals surface area contributed by atoms with E-state index in [1.807, 2.05) is 0 Å². The number of unbranched alkanes of at least 4 members (excludes halogenated alkanes) is 35. The van der Waals surface area contributed by atoms with Crippen LogP contribution in [0, 0.1) is 0 Å². The van der Waals surface area contributed by atoms with Gasteiger partial charge in [0.25, 0.3) is 0 Å². The monoisotopic (exact) mass is 1620 g/mol. The molecule has 0 aromatic heterocycles. The van der Waals surface area contributed by atoms with Crippen LogP contribution in [0.1, 0.15) is 367 Å². The van der Waals surface area contributed by atoms with Crippen LogP contribution in [0.5, 0.6) is 0 Å². The third-order valence-corrected chi connectivity index (χ3v) is 20.6. The number of rotatable bonds is 84. The van der Waals surface area contributed by atoms with E-state index in [-0.39, 0.29) is 19.3 Å². The number of carbonyl (C=O) groups is 3. The van der Waals surface area contributed by atoms with Crippen molar-refractivity contribution in [1.82, 2.24) is 0 Å². The molecule has 0 aromatic rings. The Kier molecular flexibility index (Phi) is 82.8. The first-order chi connectivity index (χ1) is 55.2. The summed E-state index contributed by atoms with van der Waals surface area (Å²) in [6.45, 7) is 2.45. The lowest BCUT2D eigenvalue weighted by atomic mass is 10.0. The maximum absolute atomic E-state index is 13.0. The number of allylic oxidation sites excluding steroid dienone is 26. The minimum absolute atomic E-state index is 0.0851. The van der Waals surface area contributed by atoms with E-state index in [1.165, 1.54) is 135 Å². The van der Waals surface area contributed by atoms with Crippen LogP contribution in [0.3, 0.4) is 0 Å². The molecule has 4 N–H and O–H groups in total. The van der Waals surface area contributed by atoms with Crippen LogP contribution >= 0.6 is 15.6 Å². The van der Waals surface area contributed by atoms with Gasteiger partial charge in [0, 0.05) is 19.3 Å². The molecule has 0 heterocycles. The maximum atomic E-state index is 13.0. The van der Waals surface area contributed by atoms with E-state index in [1.54, 1.807) is 0 Å². The molecule has 0 aliphatic carbocycles. The number of hydrogen-bond donors (Lipinski definition) is 4. The van der Waals surface area contributed by atoms with Gasteiger partial charge in [-0.05, 0) is 148 Å². The van der Waals surface area contributed by atoms with E-state index in [4.69, 9.17) is 32.3 Å². The van der Waals surface area contributed by atoms with E-state index >= 15 is 0 Å². The van der Waals surface area contributed by atoms with Crippen LogP contribution in [0.2, 0.25) is 0 Å². The van der Waals surface area contributed by atoms with E-state index in [9.17, 15) is 43.5 Å². The summed E-state index contributed by atoms with van der Waals surface area (Å²) in [5, 5.41) is 20.7. The minimum Gasteiger partial charge on any atom is -0.463 e. The van der Waals surface area contributed by atoms with Gasteiger partial charge in [-0.15, -0.1) is 0 Å². The van der Waals surface area contributed by atoms with Crippen LogP contribution in [0.4, 0.5) is 0 Å². The maximum Gasteiger partial charge on any atom is 0.472 e. The molecule has 18 heteroatoms. The van der Waals surface area contributed by atoms with Gasteiger partial charge in [-0.3, -0.25) is 32.5 Å². The fraction of sp³-hybridized carbons (Fsp3) is 0.695. The number of phosphoric acid groups is 2. The number of hydrogen-bond acceptors (Lipinski definition) is 14. The average molecular weight is 1620 g/mol. The molecule has 0 aromatic carbocycles. The first kappa shape index (κ1) is 108. The molecule has 0 rings (SSSR count). The molecule has 0 amide bonds. The van der Waals surface area contributed by atoms with Crippen molar-refractivity contribution in [3.05, 3.63) is 158 Å². The van der Waals surface area contributed by atoms with Gasteiger partial charge in [0.2, 0.25) is 0 Å². The smallest absolute Gasteiger partial charge is 0.463 e. The van der Waals surface area contributed by atoms with Gasteiger partial charge in [-0.1, -0.05) is 359 Å². The molecule has 0 saturated heterocycles. The number of ether oxygens (including phenoxy) is 3. The van der Waals surface area contributed by atoms with Crippen LogP contribution in [0.15, 0.2) is 158 Å². The first-order valence-electron chi connectivity index (χ1n) is 44.8. The SMILES string of the molecule is CC/C=C\C/C=C\C/C=C\C/C=C\C/C=C\CCCCCCCCCCCCCCCC(=O)OCC(O)COP(=O)(O)OCC(O)COP(=O)(O)OCC(COC(=O)CCCCCCCCCCCCCCC/C=C\C/C=C\C/C=C\C/C=C\CCCCC)OC(=O)CCCCCCCC/C=C\C/C=C\C/C=C\C/C=C\CC. The molecule has 648 valence electrons. The van der Waals surface area contributed by atoms with Gasteiger partial charge in [-0.25, -0.2) is 9.13 Å². The Balaban J connectivity index is 4.59. The Morgan fingerprint density at radius 2 is 0.469 bits per heavy atom. The standard InChI is InChI=1S/C95H162O16P2/c1-4-7-10-13-16-19-22-25-28-31-34-36-38-40-42-44-46-48-50-52-55-57-60-63-66-69-72-75-78-81-93(98)105-84-90(96)85-107-112(101,102)108-86-91(97)87-109-113(103,104)110-89-92(111-95(100)83-80-77-74-71-68-65-62-59-54-33-30-27-24-21-18-15-12-9-6-3)88-106-94(99)82-79-76-73-70-67-64-61-58-56-53-51-49-47-45-43-41-39-37-35-32-29-26-23-20-17-14-11-8-5-2/h7,9-10,12,16-21,25-30,34-37,40-43,54,59,90-92,96-97H,4-6,8,11,13-15,22-24,31-33,38-39,44-53,55-58,60-89H2,1-3H3,(H,101,102)(H,103,104)/b10-7-,12-9-,19-16-,20-17-,21-18-,28-25-,29-26-,30-27-,36-34-,37-35-,42-40-,43-41-,59-54-. The highest BCUT2D eigenvalue weighted by molar-refractivity contribution is 7.47. The van der Waals surface area contributed by atoms with E-state index in [0.29, 0.717) is 19.3 Å². The number of esters is 3. The van der Waals surface area contributed by atoms with Crippen molar-refractivity contribution in [2.75, 3.05) is 39.6 Å². The zero-order valence-corrected chi connectivity index (χ0v) is 73.0. The van der Waals surface area contributed by atoms with Gasteiger partial charge in [0.05, 0.1) is 26.4 Å². The van der Waals surface area contributed by atoms with Crippen molar-refractivity contribution < 1.29 is 75.8 Å². The van der Waals surface area contributed by atoms with Gasteiger partial charge in [0.1, 0.15) is 25.4 Å². The van der Waals surface area contributed by atoms with Gasteiger partial charge in [-0.2, -0.15) is 0 Å². The Morgan fingerprint density at radius 1 is 0.257 bits per heavy atom. The van der Waals surface area contributed by atoms with Crippen LogP contribution in [0.25, 0.3) is 0 Å². The molecule has 0 bridgehead atoms. The molecule has 113 heavy (non-hydrogen) atoms. The first-order valence-corrected chi connectivity index (χ1v) is 47.8. The van der Waals surface area contributed by atoms with Crippen LogP contribution in [-0.2, 0) is 55.8 Å². The summed E-state index contributed by atoms with van der Waals surface area (Å²) < 4.78 is 61.4. The van der Waals surface area contributed by atoms with Crippen molar-refractivity contribution in [2.24, 2.45) is 0 Å². The Bertz CT molecular complexity index is 2680. The zero-order valence-electron chi connectivity index (χ0n) is 71.3. The quantitative estimate of drug-likeness (QED) is 0.0146. The third-order valence-electron chi connectivity index (χ3n) is 18.7. The molecule has 0 saturated carbocycles. The summed E-state index contributed by atoms with van der Waals surface area (Å²) in [7, 11) is -9.81. The van der Waals surface area contributed by atoms with Crippen molar-refractivity contribution in [2.45, 2.75) is 386 Å². The lowest BCUT2D eigenvalue weighted by Gasteiger charge is -2.21. The van der Waals surface area contributed by atoms with Crippen molar-refractivity contribution in [1.29, 1.82) is 0 Å². The van der Waals surface area contributed by atoms with Crippen molar-refractivity contribution in [3.8, 4) is 0 Å². The zero-order chi connectivity index (χ0) is 82.2. The molecule has 0 radical (unpaired) electrons. The van der Waals surface area contributed by atoms with E-state index in [2.05, 4.69) is 179 Å². The van der Waals surface area contributed by atoms with Gasteiger partial charge >= 0.3 is 33.6 Å². The lowest BCUT2D eigenvalue weighted by Crippen LogP contribution is -2.30. The molecular formula is C95H162O16P2. The van der Waals surface area contributed by atoms with E-state index < -0.39 is 91.5 Å². The molecule has 5 atom stereocenters. The summed E-state index contributed by atoms with van der Waals surface area (Å²) in [4.78, 5) is 58.9. The van der Waals surface area contributed by atoms with E-state index in [0.717, 1.165) is 173 Å². The molecular weight excluding hydrogens is 1460 g/mol. The molecule has 16 nitrogen and oxygen atoms in total. The largest absolute Gasteiger partial charge is 0.472 e. The predicted octanol–water partition coefficient (Wildman–Crippen LogP) is 27.3. The number of phosphoric ester groups is 2. The van der Waals surface area contributed by atoms with Crippen molar-refractivity contribution >= 4 is 33.6 Å². The second-order valence-electron chi connectivity index (χ2n) is 29.6. The highest BCUT2D eigenvalue weighted by Crippen LogP contribution is 2.45. The molecule has 0 aliphatic heterocycles. The molecule has 0 fully saturated rings. The normalized spacial score (nSPS) is 14.6. The number of aliphatic hydroxyl groups excluding tert-OH is 2. The third kappa shape index (κ3) is 87.8. The predicted molar refractivity (Wildman–Crippen MR) is 472 cm³/mol. The summed E-state index contributed by atoms with van der Waals surface area (Å²) in [6.07, 6.45) is 110. The molecule has 0 spiro atoms. The highest BCUT2D eigenvalue weighted by atomic mass is 31.2. The Hall–Kier alpha value is -4.83. The molecule has 0 aliphatic rings. The van der Waals surface area contributed by atoms with Gasteiger partial charge in [0.15, 0.2) is 6.10 Å². The fourth-order valence-corrected chi connectivity index (χ4v) is 13.6. The second kappa shape index (κ2) is 86.5. The Morgan fingerprint density at radius 3 is 0.743 bits per heavy atom. The van der Waals surface area contributed by atoms with Crippen LogP contribution in [-0.4, -0.2) is 95.9 Å². The summed E-state index contributed by atoms with van der Waals surface area (Å²) in [5.74, 6) is -1.59. The Labute approximate surface area is 689 Å². The molecule has 5 unspecified atom stereocenters. The van der Waals surface area contributed by atoms with Crippen LogP contribution < -0.4 is 0 Å². The topological polar surface area (TPSA) is 231 Å². The van der Waals surface area contributed by atoms with Gasteiger partial charge < -0.3 is 34.2 Å². The summed E-state index contributed by atoms with van der Waals surface area (Å²) in [5.41, 5.74) is 0.